The number of benzene rings is 2. The van der Waals surface area contributed by atoms with Gasteiger partial charge in [-0.3, -0.25) is 4.79 Å². The van der Waals surface area contributed by atoms with Gasteiger partial charge in [-0.2, -0.15) is 0 Å². The maximum atomic E-state index is 13.5. The SMILES string of the molecule is COc1ccc(CCN2C(=O)N(CC(C)C)CC23CCN(c2cccc(CC(=O)O)c2)CC3)cc1. The number of carboxylic acids is 1. The minimum atomic E-state index is -0.818. The van der Waals surface area contributed by atoms with E-state index in [4.69, 9.17) is 9.84 Å². The zero-order valence-electron chi connectivity index (χ0n) is 21.1. The highest BCUT2D eigenvalue weighted by Gasteiger charge is 2.50. The Bertz CT molecular complexity index is 1030. The van der Waals surface area contributed by atoms with Crippen molar-refractivity contribution >= 4 is 17.7 Å². The maximum Gasteiger partial charge on any atom is 0.320 e. The highest BCUT2D eigenvalue weighted by atomic mass is 16.5. The lowest BCUT2D eigenvalue weighted by molar-refractivity contribution is -0.136. The number of urea groups is 1. The molecule has 2 fully saturated rings. The second-order valence-corrected chi connectivity index (χ2v) is 10.3. The van der Waals surface area contributed by atoms with E-state index in [1.165, 1.54) is 5.56 Å². The number of piperidine rings is 1. The van der Waals surface area contributed by atoms with Crippen LogP contribution in [0, 0.1) is 5.92 Å². The molecule has 35 heavy (non-hydrogen) atoms. The third-order valence-corrected chi connectivity index (χ3v) is 7.25. The second kappa shape index (κ2) is 10.6. The van der Waals surface area contributed by atoms with Crippen LogP contribution in [0.15, 0.2) is 48.5 Å². The van der Waals surface area contributed by atoms with Gasteiger partial charge in [0.05, 0.1) is 19.1 Å². The number of carbonyl (C=O) groups is 2. The van der Waals surface area contributed by atoms with E-state index in [9.17, 15) is 9.59 Å². The quantitative estimate of drug-likeness (QED) is 0.581. The van der Waals surface area contributed by atoms with Crippen molar-refractivity contribution in [2.45, 2.75) is 45.1 Å². The molecule has 0 saturated carbocycles. The summed E-state index contributed by atoms with van der Waals surface area (Å²) in [5.41, 5.74) is 2.92. The molecule has 1 N–H and O–H groups in total. The van der Waals surface area contributed by atoms with Crippen molar-refractivity contribution in [3.8, 4) is 5.75 Å². The zero-order valence-corrected chi connectivity index (χ0v) is 21.1. The predicted octanol–water partition coefficient (Wildman–Crippen LogP) is 4.30. The van der Waals surface area contributed by atoms with E-state index in [2.05, 4.69) is 41.8 Å². The molecule has 0 aromatic heterocycles. The van der Waals surface area contributed by atoms with Gasteiger partial charge in [0, 0.05) is 38.4 Å². The zero-order chi connectivity index (χ0) is 25.0. The normalized spacial score (nSPS) is 17.5. The highest BCUT2D eigenvalue weighted by molar-refractivity contribution is 5.78. The fourth-order valence-corrected chi connectivity index (χ4v) is 5.48. The molecule has 2 amide bonds. The van der Waals surface area contributed by atoms with Crippen LogP contribution < -0.4 is 9.64 Å². The van der Waals surface area contributed by atoms with Gasteiger partial charge >= 0.3 is 12.0 Å². The third kappa shape index (κ3) is 5.72. The van der Waals surface area contributed by atoms with Crippen molar-refractivity contribution in [2.75, 3.05) is 44.7 Å². The number of hydrogen-bond acceptors (Lipinski definition) is 4. The minimum absolute atomic E-state index is 0.0312. The first-order valence-electron chi connectivity index (χ1n) is 12.5. The largest absolute Gasteiger partial charge is 0.497 e. The molecule has 0 bridgehead atoms. The summed E-state index contributed by atoms with van der Waals surface area (Å²) >= 11 is 0. The summed E-state index contributed by atoms with van der Waals surface area (Å²) in [5, 5.41) is 9.15. The van der Waals surface area contributed by atoms with Gasteiger partial charge in [0.2, 0.25) is 0 Å². The van der Waals surface area contributed by atoms with Gasteiger partial charge in [0.1, 0.15) is 5.75 Å². The van der Waals surface area contributed by atoms with Gasteiger partial charge in [-0.25, -0.2) is 4.79 Å². The molecule has 2 aliphatic rings. The molecule has 2 saturated heterocycles. The van der Waals surface area contributed by atoms with Crippen LogP contribution >= 0.6 is 0 Å². The molecule has 7 heteroatoms. The van der Waals surface area contributed by atoms with Crippen molar-refractivity contribution in [2.24, 2.45) is 5.92 Å². The fraction of sp³-hybridized carbons (Fsp3) is 0.500. The van der Waals surface area contributed by atoms with E-state index < -0.39 is 5.97 Å². The average molecular weight is 480 g/mol. The summed E-state index contributed by atoms with van der Waals surface area (Å²) in [7, 11) is 1.67. The van der Waals surface area contributed by atoms with Crippen LogP contribution in [0.4, 0.5) is 10.5 Å². The standard InChI is InChI=1S/C28H37N3O4/c1-21(2)19-30-20-28(31(27(30)34)14-11-22-7-9-25(35-3)10-8-22)12-15-29(16-13-28)24-6-4-5-23(17-24)18-26(32)33/h4-10,17,21H,11-16,18-20H2,1-3H3,(H,32,33). The molecule has 1 spiro atoms. The van der Waals surface area contributed by atoms with Crippen molar-refractivity contribution in [3.05, 3.63) is 59.7 Å². The highest BCUT2D eigenvalue weighted by Crippen LogP contribution is 2.38. The maximum absolute atomic E-state index is 13.5. The van der Waals surface area contributed by atoms with E-state index in [-0.39, 0.29) is 18.0 Å². The van der Waals surface area contributed by atoms with Crippen LogP contribution in [0.1, 0.15) is 37.8 Å². The molecule has 2 aromatic carbocycles. The van der Waals surface area contributed by atoms with Crippen molar-refractivity contribution in [3.63, 3.8) is 0 Å². The van der Waals surface area contributed by atoms with Crippen LogP contribution in [0.5, 0.6) is 5.75 Å². The number of methoxy groups -OCH3 is 1. The van der Waals surface area contributed by atoms with Crippen LogP contribution in [0.2, 0.25) is 0 Å². The number of carboxylic acid groups (broad SMARTS) is 1. The molecule has 2 heterocycles. The van der Waals surface area contributed by atoms with Crippen molar-refractivity contribution < 1.29 is 19.4 Å². The summed E-state index contributed by atoms with van der Waals surface area (Å²) in [5.74, 6) is 0.446. The predicted molar refractivity (Wildman–Crippen MR) is 137 cm³/mol. The number of aliphatic carboxylic acids is 1. The minimum Gasteiger partial charge on any atom is -0.497 e. The van der Waals surface area contributed by atoms with E-state index in [0.29, 0.717) is 12.5 Å². The fourth-order valence-electron chi connectivity index (χ4n) is 5.48. The topological polar surface area (TPSA) is 73.3 Å². The van der Waals surface area contributed by atoms with Gasteiger partial charge in [-0.15, -0.1) is 0 Å². The molecular weight excluding hydrogens is 442 g/mol. The monoisotopic (exact) mass is 479 g/mol. The Morgan fingerprint density at radius 2 is 1.80 bits per heavy atom. The lowest BCUT2D eigenvalue weighted by atomic mass is 9.86. The number of rotatable bonds is 9. The second-order valence-electron chi connectivity index (χ2n) is 10.3. The molecule has 4 rings (SSSR count). The Hall–Kier alpha value is -3.22. The number of amides is 2. The Morgan fingerprint density at radius 1 is 1.09 bits per heavy atom. The lowest BCUT2D eigenvalue weighted by Gasteiger charge is -2.44. The Morgan fingerprint density at radius 3 is 2.43 bits per heavy atom. The van der Waals surface area contributed by atoms with Crippen molar-refractivity contribution in [1.82, 2.24) is 9.80 Å². The molecule has 188 valence electrons. The van der Waals surface area contributed by atoms with Crippen LogP contribution in [0.25, 0.3) is 0 Å². The number of carbonyl (C=O) groups excluding carboxylic acids is 1. The average Bonchev–Trinajstić information content (AvgIpc) is 3.07. The van der Waals surface area contributed by atoms with Gasteiger partial charge in [0.15, 0.2) is 0 Å². The van der Waals surface area contributed by atoms with E-state index in [1.54, 1.807) is 7.11 Å². The van der Waals surface area contributed by atoms with E-state index >= 15 is 0 Å². The van der Waals surface area contributed by atoms with Crippen LogP contribution in [0.3, 0.4) is 0 Å². The molecule has 2 aliphatic heterocycles. The summed E-state index contributed by atoms with van der Waals surface area (Å²) in [4.78, 5) is 31.1. The molecule has 0 atom stereocenters. The van der Waals surface area contributed by atoms with Gasteiger partial charge in [0.25, 0.3) is 0 Å². The van der Waals surface area contributed by atoms with Crippen molar-refractivity contribution in [1.29, 1.82) is 0 Å². The number of hydrogen-bond donors (Lipinski definition) is 1. The number of nitrogens with zero attached hydrogens (tertiary/aromatic N) is 3. The van der Waals surface area contributed by atoms with Gasteiger partial charge in [-0.05, 0) is 60.6 Å². The molecule has 7 nitrogen and oxygen atoms in total. The third-order valence-electron chi connectivity index (χ3n) is 7.25. The van der Waals surface area contributed by atoms with Gasteiger partial charge in [-0.1, -0.05) is 38.1 Å². The first-order chi connectivity index (χ1) is 16.8. The van der Waals surface area contributed by atoms with Crippen LogP contribution in [-0.4, -0.2) is 72.3 Å². The molecule has 0 unspecified atom stereocenters. The Labute approximate surface area is 208 Å². The van der Waals surface area contributed by atoms with Crippen LogP contribution in [-0.2, 0) is 17.6 Å². The smallest absolute Gasteiger partial charge is 0.320 e. The molecule has 0 radical (unpaired) electrons. The van der Waals surface area contributed by atoms with E-state index in [1.807, 2.05) is 35.2 Å². The first kappa shape index (κ1) is 24.9. The molecule has 2 aromatic rings. The van der Waals surface area contributed by atoms with Gasteiger partial charge < -0.3 is 24.5 Å². The lowest BCUT2D eigenvalue weighted by Crippen LogP contribution is -2.55. The molecular formula is C28H37N3O4. The Kier molecular flexibility index (Phi) is 7.53. The summed E-state index contributed by atoms with van der Waals surface area (Å²) < 4.78 is 5.27. The first-order valence-corrected chi connectivity index (χ1v) is 12.5. The molecule has 0 aliphatic carbocycles. The summed E-state index contributed by atoms with van der Waals surface area (Å²) in [6, 6.07) is 16.1. The number of ether oxygens (including phenoxy) is 1. The Balaban J connectivity index is 1.48. The summed E-state index contributed by atoms with van der Waals surface area (Å²) in [6.07, 6.45) is 2.65. The number of anilines is 1. The summed E-state index contributed by atoms with van der Waals surface area (Å²) in [6.45, 7) is 8.27. The van der Waals surface area contributed by atoms with E-state index in [0.717, 1.165) is 62.4 Å².